The quantitative estimate of drug-likeness (QED) is 0.252. The topological polar surface area (TPSA) is 83.6 Å². The fourth-order valence-corrected chi connectivity index (χ4v) is 3.38. The Labute approximate surface area is 219 Å². The molecule has 3 rings (SSSR count). The highest BCUT2D eigenvalue weighted by atomic mass is 19.4. The number of benzene rings is 1. The van der Waals surface area contributed by atoms with Gasteiger partial charge in [-0.25, -0.2) is 9.88 Å². The second-order valence-electron chi connectivity index (χ2n) is 8.39. The minimum Gasteiger partial charge on any atom is -0.456 e. The van der Waals surface area contributed by atoms with Crippen LogP contribution in [0.1, 0.15) is 30.0 Å². The molecule has 0 bridgehead atoms. The van der Waals surface area contributed by atoms with Crippen molar-refractivity contribution in [3.63, 3.8) is 0 Å². The summed E-state index contributed by atoms with van der Waals surface area (Å²) in [5, 5.41) is 4.87. The molecule has 3 aromatic rings. The van der Waals surface area contributed by atoms with Crippen molar-refractivity contribution in [3.05, 3.63) is 77.5 Å². The number of hydrogen-bond acceptors (Lipinski definition) is 5. The normalized spacial score (nSPS) is 11.6. The largest absolute Gasteiger partial charge is 0.459 e. The standard InChI is InChI=1S/C26H22F6N4O3/c1-16(37)34-23-14-21(10-11-33-23)39-20-5-3-4-17(12-20)6-9-24(38)35-19-8-7-18(15-36(2)26(30,31)32)22(13-19)25(27,28)29/h5,7-8,10-14H,6,9,15H2,1-2H3,(H,35,38)(H,33,34,37). The first-order valence-electron chi connectivity index (χ1n) is 11.3. The van der Waals surface area contributed by atoms with Crippen LogP contribution in [0.15, 0.2) is 48.7 Å². The summed E-state index contributed by atoms with van der Waals surface area (Å²) in [6.07, 6.45) is -8.27. The van der Waals surface area contributed by atoms with Crippen molar-refractivity contribution in [3.8, 4) is 11.5 Å². The van der Waals surface area contributed by atoms with E-state index in [0.717, 1.165) is 12.1 Å². The molecular formula is C26H22F6N4O3. The molecular weight excluding hydrogens is 530 g/mol. The number of amides is 2. The van der Waals surface area contributed by atoms with Crippen molar-refractivity contribution in [1.82, 2.24) is 9.88 Å². The third-order valence-electron chi connectivity index (χ3n) is 5.20. The molecule has 1 aromatic heterocycles. The number of ether oxygens (including phenoxy) is 1. The Morgan fingerprint density at radius 3 is 2.44 bits per heavy atom. The van der Waals surface area contributed by atoms with Crippen LogP contribution in [0.3, 0.4) is 0 Å². The zero-order chi connectivity index (χ0) is 28.8. The van der Waals surface area contributed by atoms with Crippen molar-refractivity contribution < 1.29 is 40.7 Å². The molecule has 0 aliphatic heterocycles. The van der Waals surface area contributed by atoms with Crippen LogP contribution in [0, 0.1) is 12.1 Å². The molecule has 0 unspecified atom stereocenters. The van der Waals surface area contributed by atoms with E-state index in [4.69, 9.17) is 4.74 Å². The molecule has 13 heteroatoms. The minimum absolute atomic E-state index is 0.129. The van der Waals surface area contributed by atoms with E-state index < -0.39 is 36.1 Å². The van der Waals surface area contributed by atoms with E-state index in [9.17, 15) is 35.9 Å². The Morgan fingerprint density at radius 2 is 1.77 bits per heavy atom. The molecule has 206 valence electrons. The summed E-state index contributed by atoms with van der Waals surface area (Å²) in [6.45, 7) is 0.326. The van der Waals surface area contributed by atoms with Crippen LogP contribution in [0.4, 0.5) is 37.8 Å². The van der Waals surface area contributed by atoms with Crippen molar-refractivity contribution in [2.24, 2.45) is 0 Å². The number of carbonyl (C=O) groups excluding carboxylic acids is 2. The van der Waals surface area contributed by atoms with Crippen LogP contribution < -0.4 is 15.4 Å². The number of aryl methyl sites for hydroxylation is 1. The van der Waals surface area contributed by atoms with Gasteiger partial charge in [0.15, 0.2) is 0 Å². The van der Waals surface area contributed by atoms with Crippen LogP contribution in [0.2, 0.25) is 0 Å². The van der Waals surface area contributed by atoms with Crippen LogP contribution in [0.5, 0.6) is 11.5 Å². The van der Waals surface area contributed by atoms with Crippen molar-refractivity contribution >= 4 is 23.3 Å². The van der Waals surface area contributed by atoms with E-state index >= 15 is 0 Å². The van der Waals surface area contributed by atoms with Gasteiger partial charge in [0.2, 0.25) is 11.8 Å². The van der Waals surface area contributed by atoms with Gasteiger partial charge >= 0.3 is 12.5 Å². The lowest BCUT2D eigenvalue weighted by Crippen LogP contribution is -2.34. The third-order valence-corrected chi connectivity index (χ3v) is 5.20. The number of alkyl halides is 6. The number of pyridine rings is 1. The fourth-order valence-electron chi connectivity index (χ4n) is 3.38. The van der Waals surface area contributed by atoms with Crippen LogP contribution in [-0.4, -0.2) is 35.0 Å². The molecule has 2 aromatic carbocycles. The molecule has 0 aliphatic rings. The summed E-state index contributed by atoms with van der Waals surface area (Å²) in [4.78, 5) is 27.4. The second-order valence-corrected chi connectivity index (χ2v) is 8.39. The van der Waals surface area contributed by atoms with Gasteiger partial charge in [0.25, 0.3) is 0 Å². The molecule has 1 heterocycles. The van der Waals surface area contributed by atoms with Gasteiger partial charge in [-0.3, -0.25) is 9.59 Å². The van der Waals surface area contributed by atoms with Gasteiger partial charge in [0.05, 0.1) is 5.56 Å². The van der Waals surface area contributed by atoms with Crippen LogP contribution in [-0.2, 0) is 28.7 Å². The average molecular weight is 552 g/mol. The zero-order valence-corrected chi connectivity index (χ0v) is 20.6. The number of rotatable bonds is 9. The Kier molecular flexibility index (Phi) is 9.03. The smallest absolute Gasteiger partial charge is 0.456 e. The van der Waals surface area contributed by atoms with E-state index in [1.54, 1.807) is 12.1 Å². The predicted molar refractivity (Wildman–Crippen MR) is 129 cm³/mol. The molecule has 0 atom stereocenters. The fraction of sp³-hybridized carbons (Fsp3) is 0.269. The van der Waals surface area contributed by atoms with E-state index in [1.807, 2.05) is 0 Å². The van der Waals surface area contributed by atoms with Gasteiger partial charge in [-0.2, -0.15) is 26.3 Å². The monoisotopic (exact) mass is 552 g/mol. The molecule has 7 nitrogen and oxygen atoms in total. The number of carbonyl (C=O) groups is 2. The van der Waals surface area contributed by atoms with Crippen molar-refractivity contribution in [1.29, 1.82) is 0 Å². The summed E-state index contributed by atoms with van der Waals surface area (Å²) in [6, 6.07) is 14.4. The third kappa shape index (κ3) is 8.89. The molecule has 0 radical (unpaired) electrons. The van der Waals surface area contributed by atoms with Crippen molar-refractivity contribution in [2.45, 2.75) is 38.8 Å². The summed E-state index contributed by atoms with van der Waals surface area (Å²) in [7, 11) is 0.643. The highest BCUT2D eigenvalue weighted by molar-refractivity contribution is 5.91. The lowest BCUT2D eigenvalue weighted by atomic mass is 10.1. The summed E-state index contributed by atoms with van der Waals surface area (Å²) in [5.74, 6) is 0.109. The second kappa shape index (κ2) is 12.0. The minimum atomic E-state index is -4.93. The maximum atomic E-state index is 13.5. The number of aromatic nitrogens is 1. The predicted octanol–water partition coefficient (Wildman–Crippen LogP) is 5.97. The van der Waals surface area contributed by atoms with Gasteiger partial charge in [0, 0.05) is 49.5 Å². The number of nitrogens with one attached hydrogen (secondary N) is 2. The maximum absolute atomic E-state index is 13.5. The average Bonchev–Trinajstić information content (AvgIpc) is 2.82. The molecule has 0 aliphatic carbocycles. The summed E-state index contributed by atoms with van der Waals surface area (Å²) >= 11 is 0. The molecule has 2 N–H and O–H groups in total. The molecule has 0 spiro atoms. The number of anilines is 2. The SMILES string of the molecule is CC(=O)Nc1cc(Oc2cc#cc(CCC(=O)Nc3ccc(CN(C)C(F)(F)F)c(C(F)(F)F)c3)c2)ccn1. The summed E-state index contributed by atoms with van der Waals surface area (Å²) < 4.78 is 84.6. The highest BCUT2D eigenvalue weighted by Gasteiger charge is 2.38. The number of nitrogens with zero attached hydrogens (tertiary/aromatic N) is 2. The Hall–Kier alpha value is -4.31. The van der Waals surface area contributed by atoms with E-state index in [2.05, 4.69) is 27.8 Å². The molecule has 0 saturated heterocycles. The van der Waals surface area contributed by atoms with Crippen molar-refractivity contribution in [2.75, 3.05) is 17.7 Å². The first-order valence-corrected chi connectivity index (χ1v) is 11.3. The van der Waals surface area contributed by atoms with Gasteiger partial charge < -0.3 is 15.4 Å². The van der Waals surface area contributed by atoms with E-state index in [-0.39, 0.29) is 35.2 Å². The van der Waals surface area contributed by atoms with Gasteiger partial charge in [-0.1, -0.05) is 18.2 Å². The summed E-state index contributed by atoms with van der Waals surface area (Å²) in [5.41, 5.74) is -1.53. The maximum Gasteiger partial charge on any atom is 0.459 e. The van der Waals surface area contributed by atoms with Crippen LogP contribution in [0.25, 0.3) is 0 Å². The van der Waals surface area contributed by atoms with E-state index in [1.165, 1.54) is 25.3 Å². The first kappa shape index (κ1) is 29.2. The lowest BCUT2D eigenvalue weighted by Gasteiger charge is -2.22. The molecule has 2 amide bonds. The molecule has 0 saturated carbocycles. The first-order chi connectivity index (χ1) is 18.2. The van der Waals surface area contributed by atoms with Crippen LogP contribution >= 0.6 is 0 Å². The Balaban J connectivity index is 1.63. The van der Waals surface area contributed by atoms with Gasteiger partial charge in [-0.05, 0) is 43.3 Å². The number of hydrogen-bond donors (Lipinski definition) is 2. The highest BCUT2D eigenvalue weighted by Crippen LogP contribution is 2.35. The van der Waals surface area contributed by atoms with Gasteiger partial charge in [0.1, 0.15) is 17.3 Å². The zero-order valence-electron chi connectivity index (χ0n) is 20.6. The van der Waals surface area contributed by atoms with Gasteiger partial charge in [-0.15, -0.1) is 0 Å². The Morgan fingerprint density at radius 1 is 1.03 bits per heavy atom. The lowest BCUT2D eigenvalue weighted by molar-refractivity contribution is -0.240. The van der Waals surface area contributed by atoms with E-state index in [0.29, 0.717) is 30.2 Å². The molecule has 0 fully saturated rings. The Bertz CT molecular complexity index is 1330. The number of halogens is 6. The molecule has 39 heavy (non-hydrogen) atoms.